The van der Waals surface area contributed by atoms with Gasteiger partial charge in [-0.25, -0.2) is 0 Å². The van der Waals surface area contributed by atoms with E-state index >= 15 is 0 Å². The van der Waals surface area contributed by atoms with Crippen molar-refractivity contribution in [3.63, 3.8) is 0 Å². The van der Waals surface area contributed by atoms with Crippen LogP contribution in [0.4, 0.5) is 5.82 Å². The van der Waals surface area contributed by atoms with E-state index < -0.39 is 0 Å². The number of rotatable bonds is 5. The molecule has 0 saturated heterocycles. The van der Waals surface area contributed by atoms with E-state index in [-0.39, 0.29) is 23.8 Å². The largest absolute Gasteiger partial charge is 0.497 e. The Morgan fingerprint density at radius 1 is 1.48 bits per heavy atom. The van der Waals surface area contributed by atoms with Gasteiger partial charge in [-0.1, -0.05) is 30.0 Å². The number of nitrogens with zero attached hydrogens (tertiary/aromatic N) is 2. The third kappa shape index (κ3) is 3.32. The smallest absolute Gasteiger partial charge is 0.279 e. The Balaban J connectivity index is 2.14. The molecule has 1 aliphatic heterocycles. The minimum Gasteiger partial charge on any atom is -0.497 e. The van der Waals surface area contributed by atoms with Gasteiger partial charge in [-0.2, -0.15) is 4.98 Å². The van der Waals surface area contributed by atoms with Crippen LogP contribution in [0.3, 0.4) is 0 Å². The van der Waals surface area contributed by atoms with Gasteiger partial charge in [0.25, 0.3) is 5.56 Å². The van der Waals surface area contributed by atoms with E-state index in [4.69, 9.17) is 4.74 Å². The fourth-order valence-electron chi connectivity index (χ4n) is 2.94. The van der Waals surface area contributed by atoms with Gasteiger partial charge in [-0.05, 0) is 17.7 Å². The monoisotopic (exact) mass is 357 g/mol. The van der Waals surface area contributed by atoms with Crippen molar-refractivity contribution >= 4 is 23.5 Å². The molecule has 0 radical (unpaired) electrons. The molecule has 0 aliphatic carbocycles. The Hall–Kier alpha value is -2.54. The van der Waals surface area contributed by atoms with Crippen LogP contribution in [0.25, 0.3) is 0 Å². The minimum absolute atomic E-state index is 0.124. The number of nitrogens with one attached hydrogen (secondary N) is 1. The summed E-state index contributed by atoms with van der Waals surface area (Å²) in [4.78, 5) is 29.2. The zero-order chi connectivity index (χ0) is 18.0. The maximum absolute atomic E-state index is 12.7. The number of anilines is 1. The van der Waals surface area contributed by atoms with Gasteiger partial charge in [0.05, 0.1) is 12.7 Å². The van der Waals surface area contributed by atoms with Crippen molar-refractivity contribution in [2.24, 2.45) is 7.05 Å². The molecule has 3 rings (SSSR count). The molecule has 6 nitrogen and oxygen atoms in total. The Labute approximate surface area is 149 Å². The van der Waals surface area contributed by atoms with Crippen LogP contribution in [0.5, 0.6) is 5.75 Å². The highest BCUT2D eigenvalue weighted by atomic mass is 32.2. The first-order valence-electron chi connectivity index (χ1n) is 7.83. The van der Waals surface area contributed by atoms with Crippen LogP contribution in [0, 0.1) is 0 Å². The molecule has 2 heterocycles. The van der Waals surface area contributed by atoms with Crippen LogP contribution in [0.1, 0.15) is 23.5 Å². The molecule has 0 fully saturated rings. The number of thioether (sulfide) groups is 1. The van der Waals surface area contributed by atoms with Gasteiger partial charge in [0.2, 0.25) is 5.91 Å². The average Bonchev–Trinajstić information content (AvgIpc) is 2.62. The second-order valence-corrected chi connectivity index (χ2v) is 6.69. The number of aromatic nitrogens is 2. The van der Waals surface area contributed by atoms with Gasteiger partial charge in [0, 0.05) is 25.1 Å². The molecule has 1 N–H and O–H groups in total. The topological polar surface area (TPSA) is 73.2 Å². The third-order valence-electron chi connectivity index (χ3n) is 4.13. The fraction of sp³-hybridized carbons (Fsp3) is 0.278. The quantitative estimate of drug-likeness (QED) is 0.506. The number of benzene rings is 1. The number of amides is 1. The first kappa shape index (κ1) is 17.3. The Morgan fingerprint density at radius 2 is 2.28 bits per heavy atom. The normalized spacial score (nSPS) is 16.1. The molecule has 0 saturated carbocycles. The molecule has 7 heteroatoms. The van der Waals surface area contributed by atoms with Gasteiger partial charge in [0.15, 0.2) is 5.16 Å². The Bertz CT molecular complexity index is 892. The van der Waals surface area contributed by atoms with Gasteiger partial charge in [-0.15, -0.1) is 6.58 Å². The molecule has 1 amide bonds. The SMILES string of the molecule is C=CCSc1nc(=O)c2c(n1C)NC(=O)C[C@H]2c1cccc(OC)c1. The zero-order valence-electron chi connectivity index (χ0n) is 14.1. The van der Waals surface area contributed by atoms with Crippen LogP contribution in [-0.2, 0) is 11.8 Å². The minimum atomic E-state index is -0.344. The van der Waals surface area contributed by atoms with Crippen molar-refractivity contribution in [3.8, 4) is 5.75 Å². The molecule has 1 aliphatic rings. The molecule has 1 aromatic heterocycles. The molecular weight excluding hydrogens is 338 g/mol. The van der Waals surface area contributed by atoms with E-state index in [1.165, 1.54) is 11.8 Å². The summed E-state index contributed by atoms with van der Waals surface area (Å²) in [5.41, 5.74) is 1.06. The van der Waals surface area contributed by atoms with Gasteiger partial charge >= 0.3 is 0 Å². The summed E-state index contributed by atoms with van der Waals surface area (Å²) in [5.74, 6) is 1.36. The lowest BCUT2D eigenvalue weighted by atomic mass is 9.86. The third-order valence-corrected chi connectivity index (χ3v) is 5.15. The van der Waals surface area contributed by atoms with Crippen molar-refractivity contribution in [3.05, 3.63) is 58.4 Å². The maximum atomic E-state index is 12.7. The number of hydrogen-bond donors (Lipinski definition) is 1. The molecule has 130 valence electrons. The van der Waals surface area contributed by atoms with E-state index in [2.05, 4.69) is 16.9 Å². The maximum Gasteiger partial charge on any atom is 0.279 e. The van der Waals surface area contributed by atoms with Gasteiger partial charge < -0.3 is 14.6 Å². The number of carbonyl (C=O) groups is 1. The molecule has 0 unspecified atom stereocenters. The van der Waals surface area contributed by atoms with Crippen molar-refractivity contribution in [1.82, 2.24) is 9.55 Å². The van der Waals surface area contributed by atoms with Crippen LogP contribution >= 0.6 is 11.8 Å². The number of carbonyl (C=O) groups excluding carboxylic acids is 1. The van der Waals surface area contributed by atoms with E-state index in [1.54, 1.807) is 24.8 Å². The molecular formula is C18H19N3O3S. The zero-order valence-corrected chi connectivity index (χ0v) is 14.9. The van der Waals surface area contributed by atoms with Crippen LogP contribution in [0.2, 0.25) is 0 Å². The number of methoxy groups -OCH3 is 1. The van der Waals surface area contributed by atoms with Crippen molar-refractivity contribution < 1.29 is 9.53 Å². The summed E-state index contributed by atoms with van der Waals surface area (Å²) in [6, 6.07) is 7.44. The van der Waals surface area contributed by atoms with Crippen molar-refractivity contribution in [2.75, 3.05) is 18.2 Å². The summed E-state index contributed by atoms with van der Waals surface area (Å²) >= 11 is 1.40. The Kier molecular flexibility index (Phi) is 4.94. The van der Waals surface area contributed by atoms with Crippen molar-refractivity contribution in [1.29, 1.82) is 0 Å². The van der Waals surface area contributed by atoms with Gasteiger partial charge in [0.1, 0.15) is 11.6 Å². The summed E-state index contributed by atoms with van der Waals surface area (Å²) < 4.78 is 7.02. The van der Waals surface area contributed by atoms with Gasteiger partial charge in [-0.3, -0.25) is 9.59 Å². The number of fused-ring (bicyclic) bond motifs is 1. The highest BCUT2D eigenvalue weighted by molar-refractivity contribution is 7.99. The lowest BCUT2D eigenvalue weighted by Crippen LogP contribution is -2.33. The highest BCUT2D eigenvalue weighted by Gasteiger charge is 2.32. The summed E-state index contributed by atoms with van der Waals surface area (Å²) in [6.07, 6.45) is 1.95. The molecule has 25 heavy (non-hydrogen) atoms. The standard InChI is InChI=1S/C18H19N3O3S/c1-4-8-25-18-20-17(23)15-13(10-14(22)19-16(15)21(18)2)11-6-5-7-12(9-11)24-3/h4-7,9,13H,1,8,10H2,2-3H3,(H,19,22)/t13-/m0/s1. The number of hydrogen-bond acceptors (Lipinski definition) is 5. The van der Waals surface area contributed by atoms with E-state index in [1.807, 2.05) is 24.3 Å². The average molecular weight is 357 g/mol. The predicted molar refractivity (Wildman–Crippen MR) is 98.5 cm³/mol. The molecule has 0 bridgehead atoms. The van der Waals surface area contributed by atoms with E-state index in [0.29, 0.717) is 28.0 Å². The highest BCUT2D eigenvalue weighted by Crippen LogP contribution is 2.36. The number of ether oxygens (including phenoxy) is 1. The van der Waals surface area contributed by atoms with E-state index in [9.17, 15) is 9.59 Å². The fourth-order valence-corrected chi connectivity index (χ4v) is 3.64. The van der Waals surface area contributed by atoms with Crippen molar-refractivity contribution in [2.45, 2.75) is 17.5 Å². The second kappa shape index (κ2) is 7.14. The predicted octanol–water partition coefficient (Wildman–Crippen LogP) is 2.54. The molecule has 1 aromatic carbocycles. The summed E-state index contributed by atoms with van der Waals surface area (Å²) in [5, 5.41) is 3.38. The Morgan fingerprint density at radius 3 is 3.00 bits per heavy atom. The van der Waals surface area contributed by atoms with E-state index in [0.717, 1.165) is 5.56 Å². The summed E-state index contributed by atoms with van der Waals surface area (Å²) in [7, 11) is 3.38. The van der Waals surface area contributed by atoms with Crippen LogP contribution in [0.15, 0.2) is 46.9 Å². The van der Waals surface area contributed by atoms with Crippen LogP contribution < -0.4 is 15.6 Å². The van der Waals surface area contributed by atoms with Crippen LogP contribution in [-0.4, -0.2) is 28.3 Å². The molecule has 0 spiro atoms. The molecule has 2 aromatic rings. The second-order valence-electron chi connectivity index (χ2n) is 5.70. The molecule has 1 atom stereocenters. The summed E-state index contributed by atoms with van der Waals surface area (Å²) in [6.45, 7) is 3.68. The first-order chi connectivity index (χ1) is 12.0. The first-order valence-corrected chi connectivity index (χ1v) is 8.82. The lowest BCUT2D eigenvalue weighted by molar-refractivity contribution is -0.116. The lowest BCUT2D eigenvalue weighted by Gasteiger charge is -2.27.